The normalized spacial score (nSPS) is 13.7. The summed E-state index contributed by atoms with van der Waals surface area (Å²) in [6.45, 7) is 1.66. The van der Waals surface area contributed by atoms with Gasteiger partial charge in [0.05, 0.1) is 24.0 Å². The van der Waals surface area contributed by atoms with Crippen molar-refractivity contribution in [3.05, 3.63) is 88.6 Å². The van der Waals surface area contributed by atoms with Crippen LogP contribution in [0.3, 0.4) is 0 Å². The first-order valence-electron chi connectivity index (χ1n) is 12.7. The van der Waals surface area contributed by atoms with Crippen LogP contribution in [0.5, 0.6) is 5.75 Å². The summed E-state index contributed by atoms with van der Waals surface area (Å²) in [6, 6.07) is 19.0. The number of aromatic nitrogens is 3. The first-order valence-corrected chi connectivity index (χ1v) is 13.1. The standard InChI is InChI=1S/C29H28ClN5O5/c1-39-29(38)34-14-12-20(13-15-34)19-10-8-18(9-11-19)17-40-26-21(4-2-5-23(26)30)24-6-3-7-25(33-24)35-27(31)22(16-32-35)28(36)37/h2-11,16,20H,12-15,17,31H2,1H3,(H,36,37). The molecule has 0 aliphatic carbocycles. The zero-order valence-electron chi connectivity index (χ0n) is 21.8. The first kappa shape index (κ1) is 27.0. The van der Waals surface area contributed by atoms with E-state index in [2.05, 4.69) is 22.2 Å². The van der Waals surface area contributed by atoms with Crippen molar-refractivity contribution in [1.82, 2.24) is 19.7 Å². The zero-order valence-corrected chi connectivity index (χ0v) is 22.5. The van der Waals surface area contributed by atoms with Gasteiger partial charge in [-0.3, -0.25) is 0 Å². The lowest BCUT2D eigenvalue weighted by Gasteiger charge is -2.31. The number of hydrogen-bond acceptors (Lipinski definition) is 7. The third-order valence-electron chi connectivity index (χ3n) is 6.99. The number of anilines is 1. The van der Waals surface area contributed by atoms with Crippen molar-refractivity contribution in [3.63, 3.8) is 0 Å². The highest BCUT2D eigenvalue weighted by atomic mass is 35.5. The van der Waals surface area contributed by atoms with Crippen molar-refractivity contribution in [2.24, 2.45) is 0 Å². The van der Waals surface area contributed by atoms with Gasteiger partial charge in [-0.15, -0.1) is 0 Å². The molecule has 1 amide bonds. The molecule has 0 atom stereocenters. The third-order valence-corrected chi connectivity index (χ3v) is 7.29. The molecule has 3 heterocycles. The number of amides is 1. The van der Waals surface area contributed by atoms with Crippen LogP contribution in [0.4, 0.5) is 10.6 Å². The second kappa shape index (κ2) is 11.7. The number of methoxy groups -OCH3 is 1. The molecule has 0 unspecified atom stereocenters. The molecule has 0 radical (unpaired) electrons. The number of piperidine rings is 1. The first-order chi connectivity index (χ1) is 19.4. The highest BCUT2D eigenvalue weighted by Crippen LogP contribution is 2.36. The van der Waals surface area contributed by atoms with Gasteiger partial charge in [0.1, 0.15) is 23.7 Å². The predicted molar refractivity (Wildman–Crippen MR) is 150 cm³/mol. The summed E-state index contributed by atoms with van der Waals surface area (Å²) < 4.78 is 12.3. The number of carbonyl (C=O) groups is 2. The summed E-state index contributed by atoms with van der Waals surface area (Å²) in [7, 11) is 1.41. The molecule has 1 aliphatic heterocycles. The summed E-state index contributed by atoms with van der Waals surface area (Å²) in [5.41, 5.74) is 9.34. The smallest absolute Gasteiger partial charge is 0.409 e. The molecule has 4 aromatic rings. The molecule has 11 heteroatoms. The van der Waals surface area contributed by atoms with Crippen LogP contribution >= 0.6 is 11.6 Å². The van der Waals surface area contributed by atoms with Gasteiger partial charge in [0.25, 0.3) is 0 Å². The van der Waals surface area contributed by atoms with Crippen molar-refractivity contribution in [2.45, 2.75) is 25.4 Å². The maximum Gasteiger partial charge on any atom is 0.409 e. The predicted octanol–water partition coefficient (Wildman–Crippen LogP) is 5.39. The molecule has 1 saturated heterocycles. The number of aromatic carboxylic acids is 1. The Morgan fingerprint density at radius 3 is 2.48 bits per heavy atom. The van der Waals surface area contributed by atoms with E-state index in [1.807, 2.05) is 24.3 Å². The molecule has 2 aromatic heterocycles. The van der Waals surface area contributed by atoms with E-state index in [1.54, 1.807) is 29.2 Å². The Labute approximate surface area is 235 Å². The van der Waals surface area contributed by atoms with E-state index in [4.69, 9.17) is 26.8 Å². The van der Waals surface area contributed by atoms with E-state index in [9.17, 15) is 14.7 Å². The number of pyridine rings is 1. The monoisotopic (exact) mass is 561 g/mol. The summed E-state index contributed by atoms with van der Waals surface area (Å²) in [5, 5.41) is 13.8. The minimum absolute atomic E-state index is 0.0165. The average Bonchev–Trinajstić information content (AvgIpc) is 3.38. The fourth-order valence-corrected chi connectivity index (χ4v) is 5.05. The van der Waals surface area contributed by atoms with Crippen molar-refractivity contribution in [1.29, 1.82) is 0 Å². The molecule has 40 heavy (non-hydrogen) atoms. The Bertz CT molecular complexity index is 1530. The minimum Gasteiger partial charge on any atom is -0.487 e. The number of benzene rings is 2. The molecule has 5 rings (SSSR count). The number of likely N-dealkylation sites (tertiary alicyclic amines) is 1. The van der Waals surface area contributed by atoms with Crippen LogP contribution in [0.15, 0.2) is 66.9 Å². The SMILES string of the molecule is COC(=O)N1CCC(c2ccc(COc3c(Cl)cccc3-c3cccc(-n4ncc(C(=O)O)c4N)n3)cc2)CC1. The van der Waals surface area contributed by atoms with Crippen LogP contribution in [0.1, 0.15) is 40.2 Å². The van der Waals surface area contributed by atoms with Crippen LogP contribution in [-0.4, -0.2) is 57.0 Å². The number of carboxylic acid groups (broad SMARTS) is 1. The molecule has 1 aliphatic rings. The summed E-state index contributed by atoms with van der Waals surface area (Å²) in [6.07, 6.45) is 2.70. The van der Waals surface area contributed by atoms with Crippen molar-refractivity contribution < 1.29 is 24.2 Å². The van der Waals surface area contributed by atoms with Gasteiger partial charge in [-0.05, 0) is 54.2 Å². The molecular weight excluding hydrogens is 534 g/mol. The van der Waals surface area contributed by atoms with Crippen molar-refractivity contribution in [3.8, 4) is 22.8 Å². The number of carbonyl (C=O) groups excluding carboxylic acids is 1. The lowest BCUT2D eigenvalue weighted by molar-refractivity contribution is 0.0698. The summed E-state index contributed by atoms with van der Waals surface area (Å²) in [4.78, 5) is 29.5. The number of para-hydroxylation sites is 1. The molecule has 0 spiro atoms. The van der Waals surface area contributed by atoms with Crippen LogP contribution in [0.2, 0.25) is 5.02 Å². The Hall–Kier alpha value is -4.57. The van der Waals surface area contributed by atoms with Crippen LogP contribution in [0, 0.1) is 0 Å². The lowest BCUT2D eigenvalue weighted by atomic mass is 9.89. The number of ether oxygens (including phenoxy) is 2. The molecule has 10 nitrogen and oxygen atoms in total. The van der Waals surface area contributed by atoms with Gasteiger partial charge >= 0.3 is 12.1 Å². The van der Waals surface area contributed by atoms with E-state index < -0.39 is 5.97 Å². The number of rotatable bonds is 7. The highest BCUT2D eigenvalue weighted by Gasteiger charge is 2.24. The van der Waals surface area contributed by atoms with Crippen molar-refractivity contribution in [2.75, 3.05) is 25.9 Å². The number of carboxylic acids is 1. The molecular formula is C29H28ClN5O5. The average molecular weight is 562 g/mol. The van der Waals surface area contributed by atoms with E-state index in [0.29, 0.717) is 53.5 Å². The van der Waals surface area contributed by atoms with Gasteiger partial charge in [-0.25, -0.2) is 14.6 Å². The topological polar surface area (TPSA) is 133 Å². The second-order valence-corrected chi connectivity index (χ2v) is 9.83. The number of nitrogen functional groups attached to an aromatic ring is 1. The van der Waals surface area contributed by atoms with E-state index in [-0.39, 0.29) is 17.5 Å². The Morgan fingerprint density at radius 2 is 1.80 bits per heavy atom. The summed E-state index contributed by atoms with van der Waals surface area (Å²) in [5.74, 6) is 0.0496. The van der Waals surface area contributed by atoms with Gasteiger partial charge in [-0.1, -0.05) is 48.0 Å². The minimum atomic E-state index is -1.16. The van der Waals surface area contributed by atoms with Gasteiger partial charge in [0.2, 0.25) is 0 Å². The molecule has 0 bridgehead atoms. The van der Waals surface area contributed by atoms with Crippen LogP contribution in [0.25, 0.3) is 17.1 Å². The number of nitrogens with two attached hydrogens (primary N) is 1. The van der Waals surface area contributed by atoms with E-state index in [1.165, 1.54) is 23.6 Å². The summed E-state index contributed by atoms with van der Waals surface area (Å²) >= 11 is 6.54. The fraction of sp³-hybridized carbons (Fsp3) is 0.241. The number of halogens is 1. The maximum absolute atomic E-state index is 11.7. The van der Waals surface area contributed by atoms with E-state index >= 15 is 0 Å². The molecule has 2 aromatic carbocycles. The fourth-order valence-electron chi connectivity index (χ4n) is 4.82. The lowest BCUT2D eigenvalue weighted by Crippen LogP contribution is -2.37. The Morgan fingerprint density at radius 1 is 1.07 bits per heavy atom. The third kappa shape index (κ3) is 5.57. The molecule has 206 valence electrons. The Kier molecular flexibility index (Phi) is 7.88. The van der Waals surface area contributed by atoms with Crippen molar-refractivity contribution >= 4 is 29.5 Å². The molecule has 3 N–H and O–H groups in total. The van der Waals surface area contributed by atoms with Gasteiger partial charge in [-0.2, -0.15) is 9.78 Å². The quantitative estimate of drug-likeness (QED) is 0.307. The largest absolute Gasteiger partial charge is 0.487 e. The van der Waals surface area contributed by atoms with Gasteiger partial charge in [0, 0.05) is 18.7 Å². The van der Waals surface area contributed by atoms with Gasteiger partial charge < -0.3 is 25.2 Å². The molecule has 1 fully saturated rings. The van der Waals surface area contributed by atoms with Gasteiger partial charge in [0.15, 0.2) is 5.82 Å². The van der Waals surface area contributed by atoms with E-state index in [0.717, 1.165) is 18.4 Å². The van der Waals surface area contributed by atoms with Crippen LogP contribution < -0.4 is 10.5 Å². The zero-order chi connectivity index (χ0) is 28.2. The maximum atomic E-state index is 11.7. The van der Waals surface area contributed by atoms with Crippen LogP contribution in [-0.2, 0) is 11.3 Å². The number of hydrogen-bond donors (Lipinski definition) is 2. The highest BCUT2D eigenvalue weighted by molar-refractivity contribution is 6.32. The second-order valence-electron chi connectivity index (χ2n) is 9.42. The molecule has 0 saturated carbocycles. The Balaban J connectivity index is 1.31. The number of nitrogens with zero attached hydrogens (tertiary/aromatic N) is 4.